The maximum atomic E-state index is 11.6. The molecular formula is C13H21N3O2S. The summed E-state index contributed by atoms with van der Waals surface area (Å²) >= 11 is 1.46. The molecule has 0 aliphatic carbocycles. The van der Waals surface area contributed by atoms with E-state index in [1.54, 1.807) is 0 Å². The van der Waals surface area contributed by atoms with Crippen LogP contribution in [0.15, 0.2) is 5.16 Å². The summed E-state index contributed by atoms with van der Waals surface area (Å²) in [6.07, 6.45) is 0. The van der Waals surface area contributed by atoms with Gasteiger partial charge in [-0.2, -0.15) is 0 Å². The van der Waals surface area contributed by atoms with Gasteiger partial charge in [-0.25, -0.2) is 9.97 Å². The number of nitrogens with one attached hydrogen (secondary N) is 1. The zero-order valence-corrected chi connectivity index (χ0v) is 12.9. The van der Waals surface area contributed by atoms with E-state index in [-0.39, 0.29) is 12.0 Å². The molecule has 0 fully saturated rings. The van der Waals surface area contributed by atoms with Gasteiger partial charge in [0.1, 0.15) is 6.04 Å². The number of hydrogen-bond acceptors (Lipinski definition) is 6. The SMILES string of the molecule is CCNC(CSc1nc(C)c(C)c(C)n1)C(=O)OC. The van der Waals surface area contributed by atoms with Crippen molar-refractivity contribution in [2.45, 2.75) is 38.9 Å². The highest BCUT2D eigenvalue weighted by Crippen LogP contribution is 2.18. The molecule has 1 heterocycles. The smallest absolute Gasteiger partial charge is 0.323 e. The van der Waals surface area contributed by atoms with Crippen molar-refractivity contribution in [3.8, 4) is 0 Å². The highest BCUT2D eigenvalue weighted by Gasteiger charge is 2.19. The lowest BCUT2D eigenvalue weighted by Crippen LogP contribution is -2.39. The summed E-state index contributed by atoms with van der Waals surface area (Å²) in [6, 6.07) is -0.328. The van der Waals surface area contributed by atoms with Crippen LogP contribution < -0.4 is 5.32 Å². The lowest BCUT2D eigenvalue weighted by molar-refractivity contribution is -0.142. The monoisotopic (exact) mass is 283 g/mol. The average Bonchev–Trinajstić information content (AvgIpc) is 2.39. The number of rotatable bonds is 6. The molecule has 0 radical (unpaired) electrons. The fraction of sp³-hybridized carbons (Fsp3) is 0.615. The van der Waals surface area contributed by atoms with Crippen molar-refractivity contribution in [2.75, 3.05) is 19.4 Å². The average molecular weight is 283 g/mol. The fourth-order valence-corrected chi connectivity index (χ4v) is 2.54. The Kier molecular flexibility index (Phi) is 6.24. The van der Waals surface area contributed by atoms with Crippen LogP contribution in [0.25, 0.3) is 0 Å². The third-order valence-corrected chi connectivity index (χ3v) is 3.87. The molecule has 0 aromatic carbocycles. The van der Waals surface area contributed by atoms with E-state index in [0.717, 1.165) is 17.0 Å². The van der Waals surface area contributed by atoms with Gasteiger partial charge in [0.15, 0.2) is 5.16 Å². The lowest BCUT2D eigenvalue weighted by Gasteiger charge is -2.14. The Bertz CT molecular complexity index is 429. The Labute approximate surface area is 118 Å². The number of esters is 1. The molecular weight excluding hydrogens is 262 g/mol. The van der Waals surface area contributed by atoms with Crippen LogP contribution in [0.2, 0.25) is 0 Å². The molecule has 1 aromatic heterocycles. The summed E-state index contributed by atoms with van der Waals surface area (Å²) in [6.45, 7) is 8.62. The Morgan fingerprint density at radius 3 is 2.37 bits per heavy atom. The predicted octanol–water partition coefficient (Wildman–Crippen LogP) is 1.65. The van der Waals surface area contributed by atoms with E-state index in [2.05, 4.69) is 15.3 Å². The lowest BCUT2D eigenvalue weighted by atomic mass is 10.2. The summed E-state index contributed by atoms with van der Waals surface area (Å²) in [5.41, 5.74) is 3.07. The molecule has 0 saturated carbocycles. The summed E-state index contributed by atoms with van der Waals surface area (Å²) in [4.78, 5) is 20.4. The number of carbonyl (C=O) groups excluding carboxylic acids is 1. The molecule has 0 aliphatic rings. The van der Waals surface area contributed by atoms with Gasteiger partial charge < -0.3 is 10.1 Å². The molecule has 1 N–H and O–H groups in total. The normalized spacial score (nSPS) is 12.3. The molecule has 0 aliphatic heterocycles. The topological polar surface area (TPSA) is 64.1 Å². The van der Waals surface area contributed by atoms with Gasteiger partial charge >= 0.3 is 5.97 Å². The Hall–Kier alpha value is -1.14. The van der Waals surface area contributed by atoms with E-state index in [1.807, 2.05) is 27.7 Å². The first-order chi connectivity index (χ1) is 8.99. The number of likely N-dealkylation sites (N-methyl/N-ethyl adjacent to an activating group) is 1. The summed E-state index contributed by atoms with van der Waals surface area (Å²) in [7, 11) is 1.40. The zero-order valence-electron chi connectivity index (χ0n) is 12.1. The second-order valence-corrected chi connectivity index (χ2v) is 5.23. The minimum absolute atomic E-state index is 0.255. The number of methoxy groups -OCH3 is 1. The van der Waals surface area contributed by atoms with Gasteiger partial charge in [-0.15, -0.1) is 0 Å². The highest BCUT2D eigenvalue weighted by molar-refractivity contribution is 7.99. The minimum atomic E-state index is -0.328. The van der Waals surface area contributed by atoms with Gasteiger partial charge in [-0.05, 0) is 32.9 Å². The van der Waals surface area contributed by atoms with Crippen molar-refractivity contribution in [2.24, 2.45) is 0 Å². The van der Waals surface area contributed by atoms with Crippen LogP contribution in [-0.4, -0.2) is 41.4 Å². The molecule has 106 valence electrons. The Morgan fingerprint density at radius 2 is 1.89 bits per heavy atom. The fourth-order valence-electron chi connectivity index (χ4n) is 1.56. The first-order valence-corrected chi connectivity index (χ1v) is 7.24. The van der Waals surface area contributed by atoms with Crippen molar-refractivity contribution in [3.63, 3.8) is 0 Å². The summed E-state index contributed by atoms with van der Waals surface area (Å²) in [5.74, 6) is 0.303. The summed E-state index contributed by atoms with van der Waals surface area (Å²) in [5, 5.41) is 3.79. The van der Waals surface area contributed by atoms with Gasteiger partial charge in [0.05, 0.1) is 7.11 Å². The third kappa shape index (κ3) is 4.47. The largest absolute Gasteiger partial charge is 0.468 e. The first-order valence-electron chi connectivity index (χ1n) is 6.25. The molecule has 1 rings (SSSR count). The van der Waals surface area contributed by atoms with Crippen molar-refractivity contribution < 1.29 is 9.53 Å². The van der Waals surface area contributed by atoms with E-state index in [1.165, 1.54) is 18.9 Å². The molecule has 0 spiro atoms. The van der Waals surface area contributed by atoms with Crippen molar-refractivity contribution >= 4 is 17.7 Å². The molecule has 5 nitrogen and oxygen atoms in total. The number of aryl methyl sites for hydroxylation is 2. The van der Waals surface area contributed by atoms with Gasteiger partial charge in [0, 0.05) is 17.1 Å². The zero-order chi connectivity index (χ0) is 14.4. The van der Waals surface area contributed by atoms with E-state index in [0.29, 0.717) is 17.5 Å². The van der Waals surface area contributed by atoms with Crippen LogP contribution in [-0.2, 0) is 9.53 Å². The van der Waals surface area contributed by atoms with Crippen LogP contribution in [0.3, 0.4) is 0 Å². The highest BCUT2D eigenvalue weighted by atomic mass is 32.2. The summed E-state index contributed by atoms with van der Waals surface area (Å²) < 4.78 is 4.76. The maximum absolute atomic E-state index is 11.6. The molecule has 1 aromatic rings. The van der Waals surface area contributed by atoms with E-state index in [4.69, 9.17) is 4.74 Å². The molecule has 1 unspecified atom stereocenters. The minimum Gasteiger partial charge on any atom is -0.468 e. The number of hydrogen-bond donors (Lipinski definition) is 1. The third-order valence-electron chi connectivity index (χ3n) is 2.93. The second-order valence-electron chi connectivity index (χ2n) is 4.25. The molecule has 0 saturated heterocycles. The van der Waals surface area contributed by atoms with E-state index >= 15 is 0 Å². The van der Waals surface area contributed by atoms with Crippen molar-refractivity contribution in [3.05, 3.63) is 17.0 Å². The van der Waals surface area contributed by atoms with Crippen LogP contribution >= 0.6 is 11.8 Å². The number of ether oxygens (including phenoxy) is 1. The van der Waals surface area contributed by atoms with Crippen molar-refractivity contribution in [1.82, 2.24) is 15.3 Å². The van der Waals surface area contributed by atoms with Crippen LogP contribution in [0.5, 0.6) is 0 Å². The molecule has 19 heavy (non-hydrogen) atoms. The van der Waals surface area contributed by atoms with E-state index < -0.39 is 0 Å². The Balaban J connectivity index is 2.71. The standard InChI is InChI=1S/C13H21N3O2S/c1-6-14-11(12(17)18-5)7-19-13-15-9(3)8(2)10(4)16-13/h11,14H,6-7H2,1-5H3. The molecule has 0 bridgehead atoms. The van der Waals surface area contributed by atoms with Gasteiger partial charge in [-0.3, -0.25) is 4.79 Å². The van der Waals surface area contributed by atoms with Crippen LogP contribution in [0, 0.1) is 20.8 Å². The maximum Gasteiger partial charge on any atom is 0.323 e. The van der Waals surface area contributed by atoms with Gasteiger partial charge in [0.2, 0.25) is 0 Å². The second kappa shape index (κ2) is 7.45. The van der Waals surface area contributed by atoms with Gasteiger partial charge in [0.25, 0.3) is 0 Å². The molecule has 1 atom stereocenters. The van der Waals surface area contributed by atoms with Crippen LogP contribution in [0.4, 0.5) is 0 Å². The van der Waals surface area contributed by atoms with Crippen molar-refractivity contribution in [1.29, 1.82) is 0 Å². The predicted molar refractivity (Wildman–Crippen MR) is 76.4 cm³/mol. The molecule has 6 heteroatoms. The Morgan fingerprint density at radius 1 is 1.32 bits per heavy atom. The quantitative estimate of drug-likeness (QED) is 0.486. The number of nitrogens with zero attached hydrogens (tertiary/aromatic N) is 2. The first kappa shape index (κ1) is 15.9. The number of aromatic nitrogens is 2. The van der Waals surface area contributed by atoms with E-state index in [9.17, 15) is 4.79 Å². The van der Waals surface area contributed by atoms with Crippen LogP contribution in [0.1, 0.15) is 23.9 Å². The van der Waals surface area contributed by atoms with Gasteiger partial charge in [-0.1, -0.05) is 18.7 Å². The molecule has 0 amide bonds. The number of carbonyl (C=O) groups is 1. The number of thioether (sulfide) groups is 1.